The Bertz CT molecular complexity index is 1330. The maximum absolute atomic E-state index is 12.7. The summed E-state index contributed by atoms with van der Waals surface area (Å²) in [7, 11) is 1.39. The van der Waals surface area contributed by atoms with Crippen LogP contribution in [0.4, 0.5) is 16.2 Å². The summed E-state index contributed by atoms with van der Waals surface area (Å²) in [6, 6.07) is 9.25. The highest BCUT2D eigenvalue weighted by molar-refractivity contribution is 6.32. The molecule has 0 bridgehead atoms. The molecule has 0 unspecified atom stereocenters. The average molecular weight is 506 g/mol. The molecule has 2 aliphatic rings. The number of carbonyl (C=O) groups excluding carboxylic acids is 1. The molecule has 0 radical (unpaired) electrons. The number of piperidine rings is 1. The van der Waals surface area contributed by atoms with Crippen molar-refractivity contribution in [3.8, 4) is 22.6 Å². The number of benzene rings is 2. The minimum Gasteiger partial charge on any atom is -0.455 e. The van der Waals surface area contributed by atoms with Crippen molar-refractivity contribution in [1.29, 1.82) is 0 Å². The SMILES string of the molecule is [C-]#[N+]c1ccc(Oc2c(-c3cnn(C4CCNCC4)c3)ccc3c2CC[C@H](C)N3C(=O)OC)c(Cl)c1. The van der Waals surface area contributed by atoms with Gasteiger partial charge in [0.25, 0.3) is 0 Å². The number of carbonyl (C=O) groups is 1. The van der Waals surface area contributed by atoms with Crippen LogP contribution in [0.25, 0.3) is 16.0 Å². The third kappa shape index (κ3) is 4.52. The zero-order valence-electron chi connectivity index (χ0n) is 20.3. The lowest BCUT2D eigenvalue weighted by molar-refractivity contribution is 0.175. The molecule has 2 aliphatic heterocycles. The molecular weight excluding hydrogens is 478 g/mol. The Morgan fingerprint density at radius 3 is 2.75 bits per heavy atom. The van der Waals surface area contributed by atoms with E-state index in [-0.39, 0.29) is 6.04 Å². The van der Waals surface area contributed by atoms with Gasteiger partial charge in [0.2, 0.25) is 0 Å². The van der Waals surface area contributed by atoms with Crippen LogP contribution in [0.5, 0.6) is 11.5 Å². The van der Waals surface area contributed by atoms with Crippen LogP contribution in [0, 0.1) is 6.57 Å². The van der Waals surface area contributed by atoms with E-state index in [0.29, 0.717) is 28.3 Å². The number of nitrogens with zero attached hydrogens (tertiary/aromatic N) is 4. The number of amides is 1. The lowest BCUT2D eigenvalue weighted by atomic mass is 9.92. The first-order valence-corrected chi connectivity index (χ1v) is 12.5. The molecule has 186 valence electrons. The van der Waals surface area contributed by atoms with Crippen molar-refractivity contribution in [2.75, 3.05) is 25.1 Å². The van der Waals surface area contributed by atoms with Gasteiger partial charge in [-0.05, 0) is 70.0 Å². The van der Waals surface area contributed by atoms with Gasteiger partial charge < -0.3 is 14.8 Å². The van der Waals surface area contributed by atoms with Gasteiger partial charge >= 0.3 is 6.09 Å². The highest BCUT2D eigenvalue weighted by Crippen LogP contribution is 2.46. The molecule has 8 nitrogen and oxygen atoms in total. The van der Waals surface area contributed by atoms with Crippen LogP contribution >= 0.6 is 11.6 Å². The lowest BCUT2D eigenvalue weighted by Crippen LogP contribution is -2.42. The standard InChI is InChI=1S/C27H28ClN5O3/c1-17-4-6-22-24(33(17)27(34)35-3)8-7-21(18-15-31-32(16-18)20-10-12-30-13-11-20)26(22)36-25-9-5-19(29-2)14-23(25)28/h5,7-9,14-17,20,30H,4,6,10-13H2,1,3H3/t17-/m0/s1. The number of ether oxygens (including phenoxy) is 2. The molecule has 3 aromatic rings. The zero-order chi connectivity index (χ0) is 25.2. The molecule has 1 atom stereocenters. The molecule has 5 rings (SSSR count). The number of hydrogen-bond donors (Lipinski definition) is 1. The number of nitrogens with one attached hydrogen (secondary N) is 1. The molecule has 2 aromatic carbocycles. The Hall–Kier alpha value is -3.54. The van der Waals surface area contributed by atoms with Crippen molar-refractivity contribution in [1.82, 2.24) is 15.1 Å². The van der Waals surface area contributed by atoms with E-state index in [1.54, 1.807) is 23.1 Å². The summed E-state index contributed by atoms with van der Waals surface area (Å²) in [4.78, 5) is 17.8. The topological polar surface area (TPSA) is 73.0 Å². The van der Waals surface area contributed by atoms with Crippen LogP contribution in [0.2, 0.25) is 5.02 Å². The first-order valence-electron chi connectivity index (χ1n) is 12.1. The molecule has 0 saturated carbocycles. The lowest BCUT2D eigenvalue weighted by Gasteiger charge is -2.35. The fourth-order valence-corrected chi connectivity index (χ4v) is 5.24. The van der Waals surface area contributed by atoms with Crippen LogP contribution in [0.15, 0.2) is 42.7 Å². The van der Waals surface area contributed by atoms with Crippen molar-refractivity contribution >= 4 is 29.1 Å². The van der Waals surface area contributed by atoms with E-state index in [4.69, 9.17) is 27.6 Å². The number of methoxy groups -OCH3 is 1. The first kappa shape index (κ1) is 24.2. The van der Waals surface area contributed by atoms with Gasteiger partial charge in [-0.3, -0.25) is 9.58 Å². The molecule has 36 heavy (non-hydrogen) atoms. The summed E-state index contributed by atoms with van der Waals surface area (Å²) in [5.74, 6) is 1.09. The van der Waals surface area contributed by atoms with Crippen LogP contribution in [0.1, 0.15) is 37.8 Å². The molecule has 1 aromatic heterocycles. The quantitative estimate of drug-likeness (QED) is 0.416. The Kier molecular flexibility index (Phi) is 6.86. The second kappa shape index (κ2) is 10.2. The van der Waals surface area contributed by atoms with Crippen LogP contribution in [-0.2, 0) is 11.2 Å². The van der Waals surface area contributed by atoms with Crippen LogP contribution in [-0.4, -0.2) is 42.1 Å². The monoisotopic (exact) mass is 505 g/mol. The number of hydrogen-bond acceptors (Lipinski definition) is 5. The van der Waals surface area contributed by atoms with E-state index >= 15 is 0 Å². The largest absolute Gasteiger partial charge is 0.455 e. The van der Waals surface area contributed by atoms with Crippen molar-refractivity contribution in [3.63, 3.8) is 0 Å². The molecule has 1 saturated heterocycles. The van der Waals surface area contributed by atoms with Gasteiger partial charge in [0, 0.05) is 28.9 Å². The first-order chi connectivity index (χ1) is 17.5. The van der Waals surface area contributed by atoms with Gasteiger partial charge in [-0.25, -0.2) is 9.64 Å². The molecule has 9 heteroatoms. The maximum Gasteiger partial charge on any atom is 0.414 e. The Morgan fingerprint density at radius 1 is 1.22 bits per heavy atom. The molecule has 1 amide bonds. The number of halogens is 1. The summed E-state index contributed by atoms with van der Waals surface area (Å²) in [6.45, 7) is 11.2. The third-order valence-corrected chi connectivity index (χ3v) is 7.27. The molecule has 3 heterocycles. The fourth-order valence-electron chi connectivity index (χ4n) is 5.03. The van der Waals surface area contributed by atoms with Crippen LogP contribution in [0.3, 0.4) is 0 Å². The summed E-state index contributed by atoms with van der Waals surface area (Å²) in [5.41, 5.74) is 3.92. The van der Waals surface area contributed by atoms with Crippen molar-refractivity contribution in [3.05, 3.63) is 64.7 Å². The highest BCUT2D eigenvalue weighted by Gasteiger charge is 2.32. The summed E-state index contributed by atoms with van der Waals surface area (Å²) < 4.78 is 13.6. The van der Waals surface area contributed by atoms with E-state index < -0.39 is 6.09 Å². The van der Waals surface area contributed by atoms with E-state index in [1.165, 1.54) is 7.11 Å². The van der Waals surface area contributed by atoms with E-state index in [9.17, 15) is 4.79 Å². The second-order valence-corrected chi connectivity index (χ2v) is 9.59. The fraction of sp³-hybridized carbons (Fsp3) is 0.370. The highest BCUT2D eigenvalue weighted by atomic mass is 35.5. The molecule has 0 aliphatic carbocycles. The Labute approximate surface area is 215 Å². The molecular formula is C27H28ClN5O3. The third-order valence-electron chi connectivity index (χ3n) is 6.97. The minimum absolute atomic E-state index is 0.00662. The summed E-state index contributed by atoms with van der Waals surface area (Å²) in [5, 5.41) is 8.42. The van der Waals surface area contributed by atoms with E-state index in [0.717, 1.165) is 61.2 Å². The Balaban J connectivity index is 1.62. The van der Waals surface area contributed by atoms with E-state index in [2.05, 4.69) is 21.5 Å². The average Bonchev–Trinajstić information content (AvgIpc) is 3.40. The van der Waals surface area contributed by atoms with Gasteiger partial charge in [-0.15, -0.1) is 0 Å². The van der Waals surface area contributed by atoms with Crippen LogP contribution < -0.4 is 15.0 Å². The van der Waals surface area contributed by atoms with Crippen molar-refractivity contribution < 1.29 is 14.3 Å². The van der Waals surface area contributed by atoms with Gasteiger partial charge in [0.1, 0.15) is 11.5 Å². The minimum atomic E-state index is -0.402. The maximum atomic E-state index is 12.7. The van der Waals surface area contributed by atoms with Gasteiger partial charge in [-0.2, -0.15) is 5.10 Å². The van der Waals surface area contributed by atoms with Gasteiger partial charge in [0.15, 0.2) is 5.69 Å². The Morgan fingerprint density at radius 2 is 2.03 bits per heavy atom. The summed E-state index contributed by atoms with van der Waals surface area (Å²) >= 11 is 6.49. The predicted molar refractivity (Wildman–Crippen MR) is 139 cm³/mol. The number of rotatable bonds is 4. The normalized spacial score (nSPS) is 17.8. The van der Waals surface area contributed by atoms with Gasteiger partial charge in [-0.1, -0.05) is 17.7 Å². The number of aromatic nitrogens is 2. The number of fused-ring (bicyclic) bond motifs is 1. The number of anilines is 1. The second-order valence-electron chi connectivity index (χ2n) is 9.19. The van der Waals surface area contributed by atoms with Crippen molar-refractivity contribution in [2.45, 2.75) is 44.7 Å². The summed E-state index contributed by atoms with van der Waals surface area (Å²) in [6.07, 6.45) is 7.09. The zero-order valence-corrected chi connectivity index (χ0v) is 21.1. The van der Waals surface area contributed by atoms with Crippen molar-refractivity contribution in [2.24, 2.45) is 0 Å². The van der Waals surface area contributed by atoms with Gasteiger partial charge in [0.05, 0.1) is 36.6 Å². The molecule has 1 N–H and O–H groups in total. The predicted octanol–water partition coefficient (Wildman–Crippen LogP) is 6.38. The molecule has 0 spiro atoms. The smallest absolute Gasteiger partial charge is 0.414 e. The van der Waals surface area contributed by atoms with E-state index in [1.807, 2.05) is 29.9 Å². The molecule has 1 fully saturated rings.